The number of aliphatic hydroxyl groups excluding tert-OH is 1. The minimum atomic E-state index is -0.123. The summed E-state index contributed by atoms with van der Waals surface area (Å²) < 4.78 is 2.11. The van der Waals surface area contributed by atoms with Crippen molar-refractivity contribution >= 4 is 5.65 Å². The van der Waals surface area contributed by atoms with Crippen LogP contribution in [0.25, 0.3) is 5.65 Å². The van der Waals surface area contributed by atoms with Gasteiger partial charge in [0.2, 0.25) is 0 Å². The number of allylic oxidation sites excluding steroid dienone is 1. The standard InChI is InChI=1S/C24H31N3O/c1-14-22-20(27-21(26-14)8-11-25-27)13-19-17-5-4-15-12-16(28)6-9-23(15,2)18(17)7-10-24(19,22)3/h4,8,11,16-19,28H,5-7,9-10,12-13H2,1-3H3/t16-,17+,18-,19-,23-,24-/m0/s1. The van der Waals surface area contributed by atoms with Gasteiger partial charge >= 0.3 is 0 Å². The van der Waals surface area contributed by atoms with E-state index >= 15 is 0 Å². The molecule has 4 heteroatoms. The van der Waals surface area contributed by atoms with Gasteiger partial charge in [-0.1, -0.05) is 25.5 Å². The van der Waals surface area contributed by atoms with Crippen molar-refractivity contribution in [3.8, 4) is 0 Å². The first-order valence-corrected chi connectivity index (χ1v) is 11.1. The molecule has 1 N–H and O–H groups in total. The van der Waals surface area contributed by atoms with E-state index in [-0.39, 0.29) is 11.5 Å². The topological polar surface area (TPSA) is 50.4 Å². The highest BCUT2D eigenvalue weighted by Crippen LogP contribution is 2.64. The van der Waals surface area contributed by atoms with Gasteiger partial charge in [-0.25, -0.2) is 9.50 Å². The molecular weight excluding hydrogens is 346 g/mol. The minimum absolute atomic E-state index is 0.123. The Morgan fingerprint density at radius 2 is 1.93 bits per heavy atom. The van der Waals surface area contributed by atoms with E-state index in [0.717, 1.165) is 43.2 Å². The molecule has 0 spiro atoms. The molecule has 148 valence electrons. The largest absolute Gasteiger partial charge is 0.393 e. The van der Waals surface area contributed by atoms with Crippen molar-refractivity contribution in [2.24, 2.45) is 23.2 Å². The van der Waals surface area contributed by atoms with E-state index in [1.807, 2.05) is 12.3 Å². The molecule has 4 aliphatic carbocycles. The molecule has 2 aromatic heterocycles. The number of rotatable bonds is 0. The van der Waals surface area contributed by atoms with E-state index < -0.39 is 0 Å². The lowest BCUT2D eigenvalue weighted by atomic mass is 9.47. The molecular formula is C24H31N3O. The molecule has 2 heterocycles. The number of nitrogens with zero attached hydrogens (tertiary/aromatic N) is 3. The zero-order valence-electron chi connectivity index (χ0n) is 17.3. The number of aromatic nitrogens is 3. The molecule has 28 heavy (non-hydrogen) atoms. The molecule has 6 rings (SSSR count). The Balaban J connectivity index is 1.46. The fourth-order valence-corrected chi connectivity index (χ4v) is 7.92. The zero-order chi connectivity index (χ0) is 19.3. The summed E-state index contributed by atoms with van der Waals surface area (Å²) in [5.74, 6) is 2.17. The molecule has 0 aromatic carbocycles. The second kappa shape index (κ2) is 5.47. The number of aryl methyl sites for hydroxylation is 1. The second-order valence-electron chi connectivity index (χ2n) is 10.4. The van der Waals surface area contributed by atoms with Crippen LogP contribution in [0.3, 0.4) is 0 Å². The van der Waals surface area contributed by atoms with Gasteiger partial charge in [-0.05, 0) is 80.5 Å². The molecule has 0 unspecified atom stereocenters. The Bertz CT molecular complexity index is 1010. The van der Waals surface area contributed by atoms with E-state index in [2.05, 4.69) is 36.5 Å². The summed E-state index contributed by atoms with van der Waals surface area (Å²) in [7, 11) is 0. The number of fused-ring (bicyclic) bond motifs is 9. The highest BCUT2D eigenvalue weighted by molar-refractivity contribution is 5.49. The Morgan fingerprint density at radius 3 is 2.79 bits per heavy atom. The molecule has 2 aromatic rings. The molecule has 0 amide bonds. The molecule has 2 fully saturated rings. The Kier molecular flexibility index (Phi) is 3.36. The first-order chi connectivity index (χ1) is 13.4. The zero-order valence-corrected chi connectivity index (χ0v) is 17.3. The maximum absolute atomic E-state index is 10.2. The van der Waals surface area contributed by atoms with Gasteiger partial charge in [0, 0.05) is 17.3 Å². The minimum Gasteiger partial charge on any atom is -0.393 e. The third-order valence-corrected chi connectivity index (χ3v) is 9.26. The number of hydrogen-bond donors (Lipinski definition) is 1. The van der Waals surface area contributed by atoms with Crippen molar-refractivity contribution in [1.82, 2.24) is 14.6 Å². The Hall–Kier alpha value is -1.68. The van der Waals surface area contributed by atoms with E-state index in [1.165, 1.54) is 36.2 Å². The van der Waals surface area contributed by atoms with Crippen LogP contribution >= 0.6 is 0 Å². The van der Waals surface area contributed by atoms with Crippen LogP contribution in [-0.4, -0.2) is 25.8 Å². The molecule has 0 aliphatic heterocycles. The van der Waals surface area contributed by atoms with Crippen molar-refractivity contribution in [1.29, 1.82) is 0 Å². The average molecular weight is 378 g/mol. The third-order valence-electron chi connectivity index (χ3n) is 9.26. The van der Waals surface area contributed by atoms with Crippen LogP contribution in [0.5, 0.6) is 0 Å². The Morgan fingerprint density at radius 1 is 1.11 bits per heavy atom. The van der Waals surface area contributed by atoms with Crippen molar-refractivity contribution in [3.05, 3.63) is 40.9 Å². The monoisotopic (exact) mass is 377 g/mol. The van der Waals surface area contributed by atoms with E-state index in [4.69, 9.17) is 4.98 Å². The first-order valence-electron chi connectivity index (χ1n) is 11.1. The molecule has 2 saturated carbocycles. The SMILES string of the molecule is Cc1nc2ccnn2c2c1[C@@]1(C)CC[C@H]3[C@@H](CC=C4C[C@@H](O)CC[C@@]43C)[C@@H]1C2. The maximum atomic E-state index is 10.2. The summed E-state index contributed by atoms with van der Waals surface area (Å²) in [6.45, 7) is 7.22. The van der Waals surface area contributed by atoms with E-state index in [9.17, 15) is 5.11 Å². The van der Waals surface area contributed by atoms with Gasteiger partial charge in [0.1, 0.15) is 0 Å². The predicted octanol–water partition coefficient (Wildman–Crippen LogP) is 4.38. The fourth-order valence-electron chi connectivity index (χ4n) is 7.92. The van der Waals surface area contributed by atoms with Gasteiger partial charge in [-0.2, -0.15) is 5.10 Å². The second-order valence-corrected chi connectivity index (χ2v) is 10.4. The predicted molar refractivity (Wildman–Crippen MR) is 109 cm³/mol. The normalized spacial score (nSPS) is 41.8. The van der Waals surface area contributed by atoms with Crippen molar-refractivity contribution in [3.63, 3.8) is 0 Å². The summed E-state index contributed by atoms with van der Waals surface area (Å²) in [6.07, 6.45) is 12.2. The van der Waals surface area contributed by atoms with Gasteiger partial charge in [0.05, 0.1) is 18.0 Å². The highest BCUT2D eigenvalue weighted by atomic mass is 16.3. The molecule has 0 radical (unpaired) electrons. The van der Waals surface area contributed by atoms with Crippen LogP contribution in [0.1, 0.15) is 69.3 Å². The van der Waals surface area contributed by atoms with Crippen LogP contribution in [0, 0.1) is 30.1 Å². The quantitative estimate of drug-likeness (QED) is 0.694. The van der Waals surface area contributed by atoms with Gasteiger partial charge < -0.3 is 5.11 Å². The summed E-state index contributed by atoms with van der Waals surface area (Å²) >= 11 is 0. The lowest BCUT2D eigenvalue weighted by Gasteiger charge is -2.57. The summed E-state index contributed by atoms with van der Waals surface area (Å²) in [4.78, 5) is 4.90. The molecule has 0 saturated heterocycles. The van der Waals surface area contributed by atoms with Crippen LogP contribution < -0.4 is 0 Å². The van der Waals surface area contributed by atoms with Crippen LogP contribution in [0.2, 0.25) is 0 Å². The van der Waals surface area contributed by atoms with Gasteiger partial charge in [-0.15, -0.1) is 0 Å². The lowest BCUT2D eigenvalue weighted by Crippen LogP contribution is -2.51. The molecule has 0 bridgehead atoms. The van der Waals surface area contributed by atoms with Gasteiger partial charge in [0.25, 0.3) is 0 Å². The van der Waals surface area contributed by atoms with Crippen molar-refractivity contribution in [2.45, 2.75) is 77.2 Å². The average Bonchev–Trinajstić information content (AvgIpc) is 3.24. The lowest BCUT2D eigenvalue weighted by molar-refractivity contribution is -0.0165. The Labute approximate surface area is 167 Å². The molecule has 6 atom stereocenters. The summed E-state index contributed by atoms with van der Waals surface area (Å²) in [5.41, 5.74) is 7.19. The molecule has 4 aliphatic rings. The van der Waals surface area contributed by atoms with Crippen LogP contribution in [0.4, 0.5) is 0 Å². The van der Waals surface area contributed by atoms with Crippen LogP contribution in [0.15, 0.2) is 23.9 Å². The van der Waals surface area contributed by atoms with Crippen molar-refractivity contribution in [2.75, 3.05) is 0 Å². The van der Waals surface area contributed by atoms with E-state index in [1.54, 1.807) is 5.57 Å². The van der Waals surface area contributed by atoms with Gasteiger partial charge in [-0.3, -0.25) is 0 Å². The smallest absolute Gasteiger partial charge is 0.155 e. The third kappa shape index (κ3) is 2.00. The van der Waals surface area contributed by atoms with Crippen LogP contribution in [-0.2, 0) is 11.8 Å². The van der Waals surface area contributed by atoms with Gasteiger partial charge in [0.15, 0.2) is 5.65 Å². The maximum Gasteiger partial charge on any atom is 0.155 e. The van der Waals surface area contributed by atoms with E-state index in [0.29, 0.717) is 11.3 Å². The highest BCUT2D eigenvalue weighted by Gasteiger charge is 2.58. The number of hydrogen-bond acceptors (Lipinski definition) is 3. The summed E-state index contributed by atoms with van der Waals surface area (Å²) in [6, 6.07) is 2.03. The first kappa shape index (κ1) is 17.2. The molecule has 4 nitrogen and oxygen atoms in total. The number of aliphatic hydroxyl groups is 1. The van der Waals surface area contributed by atoms with Crippen molar-refractivity contribution < 1.29 is 5.11 Å². The summed E-state index contributed by atoms with van der Waals surface area (Å²) in [5, 5.41) is 14.8. The fraction of sp³-hybridized carbons (Fsp3) is 0.667.